The number of nitrogens with one attached hydrogen (secondary N) is 1. The van der Waals surface area contributed by atoms with Gasteiger partial charge >= 0.3 is 0 Å². The molecule has 3 unspecified atom stereocenters. The molecule has 2 heterocycles. The molecule has 0 bridgehead atoms. The fourth-order valence-electron chi connectivity index (χ4n) is 4.77. The summed E-state index contributed by atoms with van der Waals surface area (Å²) in [5.74, 6) is 0.883. The second-order valence-corrected chi connectivity index (χ2v) is 8.66. The lowest BCUT2D eigenvalue weighted by atomic mass is 10.0. The van der Waals surface area contributed by atoms with Gasteiger partial charge in [-0.05, 0) is 75.2 Å². The molecule has 4 rings (SSSR count). The zero-order chi connectivity index (χ0) is 21.8. The van der Waals surface area contributed by atoms with Gasteiger partial charge in [0.05, 0.1) is 25.9 Å². The van der Waals surface area contributed by atoms with Crippen LogP contribution in [0.4, 0.5) is 11.4 Å². The van der Waals surface area contributed by atoms with Crippen molar-refractivity contribution in [1.82, 2.24) is 4.90 Å². The predicted molar refractivity (Wildman–Crippen MR) is 124 cm³/mol. The highest BCUT2D eigenvalue weighted by atomic mass is 16.5. The number of hydrogen-bond donors (Lipinski definition) is 1. The van der Waals surface area contributed by atoms with E-state index in [2.05, 4.69) is 53.2 Å². The topological polar surface area (TPSA) is 54.0 Å². The largest absolute Gasteiger partial charge is 0.497 e. The summed E-state index contributed by atoms with van der Waals surface area (Å²) >= 11 is 0. The molecule has 3 atom stereocenters. The zero-order valence-corrected chi connectivity index (χ0v) is 18.7. The fourth-order valence-corrected chi connectivity index (χ4v) is 4.77. The van der Waals surface area contributed by atoms with Crippen molar-refractivity contribution in [3.8, 4) is 5.75 Å². The molecule has 1 amide bonds. The molecule has 2 aliphatic heterocycles. The summed E-state index contributed by atoms with van der Waals surface area (Å²) in [5.41, 5.74) is 3.21. The quantitative estimate of drug-likeness (QED) is 0.759. The van der Waals surface area contributed by atoms with Crippen molar-refractivity contribution in [3.05, 3.63) is 54.1 Å². The molecule has 0 spiro atoms. The number of morpholine rings is 1. The van der Waals surface area contributed by atoms with Gasteiger partial charge in [0.15, 0.2) is 0 Å². The molecule has 166 valence electrons. The van der Waals surface area contributed by atoms with Crippen molar-refractivity contribution in [1.29, 1.82) is 0 Å². The van der Waals surface area contributed by atoms with Gasteiger partial charge in [0.25, 0.3) is 0 Å². The van der Waals surface area contributed by atoms with Crippen LogP contribution in [0.1, 0.15) is 38.3 Å². The van der Waals surface area contributed by atoms with Crippen LogP contribution >= 0.6 is 0 Å². The van der Waals surface area contributed by atoms with Crippen molar-refractivity contribution in [2.24, 2.45) is 0 Å². The maximum Gasteiger partial charge on any atom is 0.238 e. The number of carbonyl (C=O) groups is 1. The third kappa shape index (κ3) is 5.38. The average molecular weight is 424 g/mol. The fraction of sp³-hybridized carbons (Fsp3) is 0.480. The Kier molecular flexibility index (Phi) is 6.78. The van der Waals surface area contributed by atoms with Gasteiger partial charge in [0.1, 0.15) is 5.75 Å². The second kappa shape index (κ2) is 9.71. The number of likely N-dealkylation sites (tertiary alicyclic amines) is 1. The third-order valence-corrected chi connectivity index (χ3v) is 6.12. The normalized spacial score (nSPS) is 24.2. The predicted octanol–water partition coefficient (Wildman–Crippen LogP) is 4.08. The van der Waals surface area contributed by atoms with E-state index in [9.17, 15) is 4.79 Å². The van der Waals surface area contributed by atoms with Gasteiger partial charge in [-0.1, -0.05) is 12.1 Å². The Morgan fingerprint density at radius 2 is 1.87 bits per heavy atom. The first-order chi connectivity index (χ1) is 15.0. The first-order valence-electron chi connectivity index (χ1n) is 11.2. The lowest BCUT2D eigenvalue weighted by Crippen LogP contribution is -2.45. The molecular formula is C25H33N3O3. The molecule has 0 aromatic heterocycles. The summed E-state index contributed by atoms with van der Waals surface area (Å²) in [6.45, 7) is 7.31. The van der Waals surface area contributed by atoms with E-state index < -0.39 is 0 Å². The Hall–Kier alpha value is -2.57. The molecule has 0 radical (unpaired) electrons. The number of amides is 1. The van der Waals surface area contributed by atoms with Crippen LogP contribution in [-0.2, 0) is 9.53 Å². The van der Waals surface area contributed by atoms with Gasteiger partial charge in [-0.25, -0.2) is 0 Å². The van der Waals surface area contributed by atoms with Gasteiger partial charge in [-0.3, -0.25) is 9.69 Å². The zero-order valence-electron chi connectivity index (χ0n) is 18.7. The van der Waals surface area contributed by atoms with Crippen LogP contribution in [0.2, 0.25) is 0 Å². The number of carbonyl (C=O) groups excluding carboxylic acids is 1. The highest BCUT2D eigenvalue weighted by Crippen LogP contribution is 2.33. The lowest BCUT2D eigenvalue weighted by molar-refractivity contribution is -0.117. The molecule has 31 heavy (non-hydrogen) atoms. The van der Waals surface area contributed by atoms with E-state index in [0.717, 1.165) is 49.6 Å². The number of anilines is 2. The van der Waals surface area contributed by atoms with Gasteiger partial charge in [0, 0.05) is 30.5 Å². The minimum atomic E-state index is 0.0242. The van der Waals surface area contributed by atoms with Gasteiger partial charge in [-0.2, -0.15) is 0 Å². The van der Waals surface area contributed by atoms with Crippen LogP contribution in [-0.4, -0.2) is 56.3 Å². The molecule has 2 saturated heterocycles. The molecule has 0 aliphatic carbocycles. The number of nitrogens with zero attached hydrogens (tertiary/aromatic N) is 2. The molecule has 2 aromatic rings. The van der Waals surface area contributed by atoms with Crippen molar-refractivity contribution in [2.75, 3.05) is 43.5 Å². The molecule has 0 saturated carbocycles. The molecule has 6 heteroatoms. The highest BCUT2D eigenvalue weighted by Gasteiger charge is 2.28. The number of rotatable bonds is 6. The minimum absolute atomic E-state index is 0.0242. The Morgan fingerprint density at radius 1 is 1.13 bits per heavy atom. The number of benzene rings is 2. The van der Waals surface area contributed by atoms with E-state index in [1.165, 1.54) is 5.56 Å². The van der Waals surface area contributed by atoms with Crippen LogP contribution in [0.3, 0.4) is 0 Å². The summed E-state index contributed by atoms with van der Waals surface area (Å²) in [7, 11) is 1.68. The summed E-state index contributed by atoms with van der Waals surface area (Å²) in [4.78, 5) is 17.3. The number of hydrogen-bond acceptors (Lipinski definition) is 5. The van der Waals surface area contributed by atoms with Crippen molar-refractivity contribution >= 4 is 17.3 Å². The van der Waals surface area contributed by atoms with Gasteiger partial charge < -0.3 is 19.7 Å². The molecule has 2 fully saturated rings. The Labute approximate surface area is 185 Å². The molecular weight excluding hydrogens is 390 g/mol. The van der Waals surface area contributed by atoms with Crippen molar-refractivity contribution in [3.63, 3.8) is 0 Å². The van der Waals surface area contributed by atoms with Gasteiger partial charge in [-0.15, -0.1) is 0 Å². The molecule has 2 aromatic carbocycles. The summed E-state index contributed by atoms with van der Waals surface area (Å²) in [5, 5.41) is 3.06. The van der Waals surface area contributed by atoms with Crippen LogP contribution in [0.25, 0.3) is 0 Å². The van der Waals surface area contributed by atoms with Crippen LogP contribution < -0.4 is 15.0 Å². The third-order valence-electron chi connectivity index (χ3n) is 6.12. The maximum atomic E-state index is 12.7. The SMILES string of the molecule is COc1cccc(C2CCCN2CC(=O)Nc2ccc(N3CC(C)OC(C)C3)cc2)c1. The molecule has 2 aliphatic rings. The Balaban J connectivity index is 1.35. The van der Waals surface area contributed by atoms with Crippen LogP contribution in [0.15, 0.2) is 48.5 Å². The van der Waals surface area contributed by atoms with Crippen LogP contribution in [0, 0.1) is 0 Å². The lowest BCUT2D eigenvalue weighted by Gasteiger charge is -2.36. The summed E-state index contributed by atoms with van der Waals surface area (Å²) in [6, 6.07) is 16.6. The van der Waals surface area contributed by atoms with E-state index in [1.54, 1.807) is 7.11 Å². The second-order valence-electron chi connectivity index (χ2n) is 8.66. The van der Waals surface area contributed by atoms with E-state index >= 15 is 0 Å². The smallest absolute Gasteiger partial charge is 0.238 e. The van der Waals surface area contributed by atoms with E-state index in [0.29, 0.717) is 6.54 Å². The highest BCUT2D eigenvalue weighted by molar-refractivity contribution is 5.92. The van der Waals surface area contributed by atoms with Crippen LogP contribution in [0.5, 0.6) is 5.75 Å². The minimum Gasteiger partial charge on any atom is -0.497 e. The number of methoxy groups -OCH3 is 1. The molecule has 6 nitrogen and oxygen atoms in total. The summed E-state index contributed by atoms with van der Waals surface area (Å²) in [6.07, 6.45) is 2.61. The Morgan fingerprint density at radius 3 is 2.58 bits per heavy atom. The van der Waals surface area contributed by atoms with Crippen molar-refractivity contribution in [2.45, 2.75) is 44.9 Å². The first-order valence-corrected chi connectivity index (χ1v) is 11.2. The monoisotopic (exact) mass is 423 g/mol. The standard InChI is InChI=1S/C25H33N3O3/c1-18-15-28(16-19(2)31-18)22-11-9-21(10-12-22)26-25(29)17-27-13-5-8-24(27)20-6-4-7-23(14-20)30-3/h4,6-7,9-12,14,18-19,24H,5,8,13,15-17H2,1-3H3,(H,26,29). The van der Waals surface area contributed by atoms with Crippen molar-refractivity contribution < 1.29 is 14.3 Å². The summed E-state index contributed by atoms with van der Waals surface area (Å²) < 4.78 is 11.2. The Bertz CT molecular complexity index is 876. The maximum absolute atomic E-state index is 12.7. The van der Waals surface area contributed by atoms with E-state index in [1.807, 2.05) is 24.3 Å². The van der Waals surface area contributed by atoms with Gasteiger partial charge in [0.2, 0.25) is 5.91 Å². The first kappa shape index (κ1) is 21.7. The number of ether oxygens (including phenoxy) is 2. The van der Waals surface area contributed by atoms with E-state index in [4.69, 9.17) is 9.47 Å². The average Bonchev–Trinajstić information content (AvgIpc) is 3.21. The molecule has 1 N–H and O–H groups in total. The van der Waals surface area contributed by atoms with E-state index in [-0.39, 0.29) is 24.2 Å².